The van der Waals surface area contributed by atoms with Crippen LogP contribution < -0.4 is 10.2 Å². The zero-order chi connectivity index (χ0) is 13.0. The molecule has 0 saturated carbocycles. The van der Waals surface area contributed by atoms with Gasteiger partial charge in [0.15, 0.2) is 0 Å². The van der Waals surface area contributed by atoms with Crippen molar-refractivity contribution in [2.45, 2.75) is 45.4 Å². The molecule has 1 N–H and O–H groups in total. The summed E-state index contributed by atoms with van der Waals surface area (Å²) in [6.07, 6.45) is 2.31. The van der Waals surface area contributed by atoms with Gasteiger partial charge in [-0.15, -0.1) is 5.10 Å². The van der Waals surface area contributed by atoms with Crippen molar-refractivity contribution in [1.29, 1.82) is 0 Å². The molecule has 0 radical (unpaired) electrons. The molecule has 0 bridgehead atoms. The first kappa shape index (κ1) is 13.3. The predicted molar refractivity (Wildman–Crippen MR) is 68.5 cm³/mol. The molecule has 2 rings (SSSR count). The number of likely N-dealkylation sites (N-methyl/N-ethyl adjacent to an activating group) is 1. The highest BCUT2D eigenvalue weighted by molar-refractivity contribution is 5.26. The fourth-order valence-electron chi connectivity index (χ4n) is 2.20. The molecular formula is C12H22N4O2. The Morgan fingerprint density at radius 1 is 1.44 bits per heavy atom. The van der Waals surface area contributed by atoms with Crippen LogP contribution in [0.5, 0.6) is 0 Å². The lowest BCUT2D eigenvalue weighted by Crippen LogP contribution is -2.36. The highest BCUT2D eigenvalue weighted by Gasteiger charge is 2.30. The highest BCUT2D eigenvalue weighted by Crippen LogP contribution is 2.23. The van der Waals surface area contributed by atoms with Crippen LogP contribution >= 0.6 is 0 Å². The number of ether oxygens (including phenoxy) is 1. The lowest BCUT2D eigenvalue weighted by molar-refractivity contribution is 0.117. The minimum atomic E-state index is 0.212. The zero-order valence-corrected chi connectivity index (χ0v) is 11.3. The summed E-state index contributed by atoms with van der Waals surface area (Å²) >= 11 is 0. The Balaban J connectivity index is 1.92. The molecule has 1 aliphatic rings. The van der Waals surface area contributed by atoms with Crippen molar-refractivity contribution >= 4 is 6.01 Å². The fourth-order valence-corrected chi connectivity index (χ4v) is 2.20. The van der Waals surface area contributed by atoms with Gasteiger partial charge in [0, 0.05) is 13.7 Å². The van der Waals surface area contributed by atoms with Crippen molar-refractivity contribution in [3.05, 3.63) is 5.89 Å². The van der Waals surface area contributed by atoms with E-state index >= 15 is 0 Å². The molecule has 1 saturated heterocycles. The lowest BCUT2D eigenvalue weighted by atomic mass is 10.1. The number of nitrogens with one attached hydrogen (secondary N) is 1. The Kier molecular flexibility index (Phi) is 4.54. The largest absolute Gasteiger partial charge is 0.407 e. The molecule has 6 heteroatoms. The molecule has 6 nitrogen and oxygen atoms in total. The maximum absolute atomic E-state index is 5.64. The predicted octanol–water partition coefficient (Wildman–Crippen LogP) is 1.18. The second kappa shape index (κ2) is 6.15. The molecule has 18 heavy (non-hydrogen) atoms. The van der Waals surface area contributed by atoms with Crippen molar-refractivity contribution < 1.29 is 9.15 Å². The SMILES string of the molecule is CCCNCc1nnc(N(C)C2CCOC2C)o1. The third-order valence-corrected chi connectivity index (χ3v) is 3.29. The Morgan fingerprint density at radius 2 is 2.28 bits per heavy atom. The molecule has 102 valence electrons. The van der Waals surface area contributed by atoms with E-state index in [-0.39, 0.29) is 6.10 Å². The van der Waals surface area contributed by atoms with E-state index in [1.165, 1.54) is 0 Å². The number of hydrogen-bond donors (Lipinski definition) is 1. The standard InChI is InChI=1S/C12H22N4O2/c1-4-6-13-8-11-14-15-12(18-11)16(3)10-5-7-17-9(10)2/h9-10,13H,4-8H2,1-3H3. The maximum atomic E-state index is 5.64. The summed E-state index contributed by atoms with van der Waals surface area (Å²) in [6.45, 7) is 6.59. The van der Waals surface area contributed by atoms with Crippen LogP contribution in [0, 0.1) is 0 Å². The Bertz CT molecular complexity index is 369. The highest BCUT2D eigenvalue weighted by atomic mass is 16.5. The number of nitrogens with zero attached hydrogens (tertiary/aromatic N) is 3. The van der Waals surface area contributed by atoms with Crippen LogP contribution in [0.1, 0.15) is 32.6 Å². The van der Waals surface area contributed by atoms with Crippen LogP contribution in [0.2, 0.25) is 0 Å². The van der Waals surface area contributed by atoms with Crippen LogP contribution in [-0.4, -0.2) is 42.5 Å². The molecule has 0 spiro atoms. The van der Waals surface area contributed by atoms with Gasteiger partial charge in [-0.1, -0.05) is 12.0 Å². The maximum Gasteiger partial charge on any atom is 0.318 e. The van der Waals surface area contributed by atoms with Crippen molar-refractivity contribution in [1.82, 2.24) is 15.5 Å². The third-order valence-electron chi connectivity index (χ3n) is 3.29. The first-order valence-corrected chi connectivity index (χ1v) is 6.60. The summed E-state index contributed by atoms with van der Waals surface area (Å²) in [5.74, 6) is 0.636. The van der Waals surface area contributed by atoms with Gasteiger partial charge >= 0.3 is 6.01 Å². The van der Waals surface area contributed by atoms with E-state index in [4.69, 9.17) is 9.15 Å². The second-order valence-corrected chi connectivity index (χ2v) is 4.70. The minimum absolute atomic E-state index is 0.212. The Hall–Kier alpha value is -1.14. The van der Waals surface area contributed by atoms with Crippen LogP contribution in [-0.2, 0) is 11.3 Å². The molecule has 1 aromatic heterocycles. The molecule has 0 aromatic carbocycles. The van der Waals surface area contributed by atoms with E-state index in [1.807, 2.05) is 11.9 Å². The number of anilines is 1. The molecule has 1 aliphatic heterocycles. The van der Waals surface area contributed by atoms with E-state index in [9.17, 15) is 0 Å². The van der Waals surface area contributed by atoms with Crippen molar-refractivity contribution in [3.8, 4) is 0 Å². The summed E-state index contributed by atoms with van der Waals surface area (Å²) < 4.78 is 11.2. The second-order valence-electron chi connectivity index (χ2n) is 4.70. The summed E-state index contributed by atoms with van der Waals surface area (Å²) in [6, 6.07) is 0.896. The van der Waals surface area contributed by atoms with Gasteiger partial charge in [0.1, 0.15) is 0 Å². The average molecular weight is 254 g/mol. The van der Waals surface area contributed by atoms with Crippen LogP contribution in [0.3, 0.4) is 0 Å². The summed E-state index contributed by atoms with van der Waals surface area (Å²) in [5.41, 5.74) is 0. The molecular weight excluding hydrogens is 232 g/mol. The van der Waals surface area contributed by atoms with Gasteiger partial charge < -0.3 is 19.4 Å². The van der Waals surface area contributed by atoms with E-state index in [1.54, 1.807) is 0 Å². The molecule has 1 fully saturated rings. The first-order valence-electron chi connectivity index (χ1n) is 6.60. The summed E-state index contributed by atoms with van der Waals surface area (Å²) in [4.78, 5) is 2.02. The van der Waals surface area contributed by atoms with Crippen molar-refractivity contribution in [3.63, 3.8) is 0 Å². The molecule has 2 atom stereocenters. The van der Waals surface area contributed by atoms with Crippen LogP contribution in [0.25, 0.3) is 0 Å². The molecule has 1 aromatic rings. The Labute approximate surface area is 108 Å². The minimum Gasteiger partial charge on any atom is -0.407 e. The third kappa shape index (κ3) is 3.00. The van der Waals surface area contributed by atoms with Gasteiger partial charge in [0.2, 0.25) is 5.89 Å². The Morgan fingerprint density at radius 3 is 2.94 bits per heavy atom. The average Bonchev–Trinajstić information content (AvgIpc) is 2.98. The van der Waals surface area contributed by atoms with E-state index in [2.05, 4.69) is 29.4 Å². The smallest absolute Gasteiger partial charge is 0.318 e. The van der Waals surface area contributed by atoms with Gasteiger partial charge in [0.05, 0.1) is 18.7 Å². The quantitative estimate of drug-likeness (QED) is 0.769. The fraction of sp³-hybridized carbons (Fsp3) is 0.833. The molecule has 2 unspecified atom stereocenters. The van der Waals surface area contributed by atoms with Crippen LogP contribution in [0.4, 0.5) is 6.01 Å². The first-order chi connectivity index (χ1) is 8.72. The van der Waals surface area contributed by atoms with Crippen LogP contribution in [0.15, 0.2) is 4.42 Å². The molecule has 2 heterocycles. The van der Waals surface area contributed by atoms with E-state index in [0.29, 0.717) is 24.5 Å². The monoisotopic (exact) mass is 254 g/mol. The topological polar surface area (TPSA) is 63.4 Å². The number of rotatable bonds is 6. The van der Waals surface area contributed by atoms with Gasteiger partial charge in [-0.3, -0.25) is 0 Å². The number of aromatic nitrogens is 2. The lowest BCUT2D eigenvalue weighted by Gasteiger charge is -2.24. The van der Waals surface area contributed by atoms with E-state index < -0.39 is 0 Å². The van der Waals surface area contributed by atoms with Crippen molar-refractivity contribution in [2.24, 2.45) is 0 Å². The summed E-state index contributed by atoms with van der Waals surface area (Å²) in [5, 5.41) is 11.4. The molecule has 0 aliphatic carbocycles. The molecule has 0 amide bonds. The number of hydrogen-bond acceptors (Lipinski definition) is 6. The van der Waals surface area contributed by atoms with E-state index in [0.717, 1.165) is 26.0 Å². The summed E-state index contributed by atoms with van der Waals surface area (Å²) in [7, 11) is 1.98. The van der Waals surface area contributed by atoms with Gasteiger partial charge in [-0.2, -0.15) is 0 Å². The zero-order valence-electron chi connectivity index (χ0n) is 11.3. The van der Waals surface area contributed by atoms with Gasteiger partial charge in [-0.05, 0) is 26.3 Å². The van der Waals surface area contributed by atoms with Gasteiger partial charge in [-0.25, -0.2) is 0 Å². The van der Waals surface area contributed by atoms with Crippen molar-refractivity contribution in [2.75, 3.05) is 25.1 Å². The van der Waals surface area contributed by atoms with Gasteiger partial charge in [0.25, 0.3) is 0 Å². The normalized spacial score (nSPS) is 23.5.